The van der Waals surface area contributed by atoms with E-state index in [0.717, 1.165) is 11.1 Å². The average molecular weight is 611 g/mol. The second-order valence-electron chi connectivity index (χ2n) is 12.0. The first-order chi connectivity index (χ1) is 21.0. The van der Waals surface area contributed by atoms with Crippen molar-refractivity contribution in [2.45, 2.75) is 37.6 Å². The zero-order valence-corrected chi connectivity index (χ0v) is 26.1. The molecule has 0 saturated carbocycles. The zero-order valence-electron chi connectivity index (χ0n) is 25.3. The number of benzene rings is 4. The molecule has 0 radical (unpaired) electrons. The average Bonchev–Trinajstić information content (AvgIpc) is 3.02. The first-order valence-electron chi connectivity index (χ1n) is 14.7. The Morgan fingerprint density at radius 1 is 0.682 bits per heavy atom. The summed E-state index contributed by atoms with van der Waals surface area (Å²) in [4.78, 5) is 28.3. The van der Waals surface area contributed by atoms with Gasteiger partial charge < -0.3 is 10.6 Å². The topological polar surface area (TPSA) is 98.8 Å². The molecule has 8 nitrogen and oxygen atoms in total. The van der Waals surface area contributed by atoms with Crippen molar-refractivity contribution in [2.75, 3.05) is 36.8 Å². The first kappa shape index (κ1) is 31.1. The van der Waals surface area contributed by atoms with Crippen LogP contribution in [0.2, 0.25) is 0 Å². The van der Waals surface area contributed by atoms with Crippen LogP contribution in [0.25, 0.3) is 0 Å². The van der Waals surface area contributed by atoms with E-state index in [2.05, 4.69) is 36.3 Å². The summed E-state index contributed by atoms with van der Waals surface area (Å²) in [6.45, 7) is 9.17. The van der Waals surface area contributed by atoms with Crippen molar-refractivity contribution >= 4 is 33.2 Å². The molecule has 1 aliphatic heterocycles. The second kappa shape index (κ2) is 13.1. The third-order valence-corrected chi connectivity index (χ3v) is 9.64. The molecule has 5 rings (SSSR count). The molecule has 0 unspecified atom stereocenters. The van der Waals surface area contributed by atoms with Gasteiger partial charge in [-0.05, 0) is 71.1 Å². The lowest BCUT2D eigenvalue weighted by Gasteiger charge is -2.34. The molecule has 4 aromatic rings. The van der Waals surface area contributed by atoms with E-state index < -0.39 is 10.0 Å². The van der Waals surface area contributed by atoms with Crippen LogP contribution >= 0.6 is 0 Å². The van der Waals surface area contributed by atoms with Crippen molar-refractivity contribution in [3.8, 4) is 0 Å². The summed E-state index contributed by atoms with van der Waals surface area (Å²) in [7, 11) is -3.49. The molecular formula is C35H38N4O4S. The van der Waals surface area contributed by atoms with Crippen LogP contribution in [0, 0.1) is 0 Å². The summed E-state index contributed by atoms with van der Waals surface area (Å²) in [5, 5.41) is 5.81. The predicted molar refractivity (Wildman–Crippen MR) is 174 cm³/mol. The molecule has 0 bridgehead atoms. The Hall–Kier alpha value is -4.31. The molecule has 44 heavy (non-hydrogen) atoms. The number of carbonyl (C=O) groups excluding carboxylic acids is 2. The highest BCUT2D eigenvalue weighted by Crippen LogP contribution is 2.23. The van der Waals surface area contributed by atoms with Gasteiger partial charge in [0.2, 0.25) is 10.0 Å². The maximum Gasteiger partial charge on any atom is 0.255 e. The summed E-state index contributed by atoms with van der Waals surface area (Å²) in [5.41, 5.74) is 4.44. The summed E-state index contributed by atoms with van der Waals surface area (Å²) < 4.78 is 27.3. The van der Waals surface area contributed by atoms with Crippen LogP contribution < -0.4 is 10.6 Å². The van der Waals surface area contributed by atoms with Crippen molar-refractivity contribution in [3.05, 3.63) is 125 Å². The second-order valence-corrected chi connectivity index (χ2v) is 13.9. The minimum absolute atomic E-state index is 0.00780. The lowest BCUT2D eigenvalue weighted by Crippen LogP contribution is -2.48. The number of amides is 2. The normalized spacial score (nSPS) is 14.6. The molecule has 4 aromatic carbocycles. The van der Waals surface area contributed by atoms with E-state index in [4.69, 9.17) is 0 Å². The molecule has 0 atom stereocenters. The monoisotopic (exact) mass is 610 g/mol. The van der Waals surface area contributed by atoms with Crippen LogP contribution in [-0.4, -0.2) is 55.6 Å². The molecule has 228 valence electrons. The highest BCUT2D eigenvalue weighted by Gasteiger charge is 2.28. The molecule has 9 heteroatoms. The highest BCUT2D eigenvalue weighted by molar-refractivity contribution is 7.89. The third kappa shape index (κ3) is 7.60. The summed E-state index contributed by atoms with van der Waals surface area (Å²) >= 11 is 0. The minimum atomic E-state index is -3.49. The Bertz CT molecular complexity index is 1710. The van der Waals surface area contributed by atoms with Gasteiger partial charge in [-0.2, -0.15) is 4.31 Å². The van der Waals surface area contributed by atoms with Crippen LogP contribution in [0.4, 0.5) is 11.4 Å². The van der Waals surface area contributed by atoms with E-state index >= 15 is 0 Å². The number of nitrogens with one attached hydrogen (secondary N) is 2. The van der Waals surface area contributed by atoms with Crippen LogP contribution in [-0.2, 0) is 22.0 Å². The molecule has 0 aliphatic carbocycles. The molecule has 1 saturated heterocycles. The number of nitrogens with zero attached hydrogens (tertiary/aromatic N) is 2. The number of piperazine rings is 1. The zero-order chi connectivity index (χ0) is 31.3. The lowest BCUT2D eigenvalue weighted by molar-refractivity contribution is 0.101. The van der Waals surface area contributed by atoms with Gasteiger partial charge in [-0.15, -0.1) is 0 Å². The maximum atomic E-state index is 13.0. The summed E-state index contributed by atoms with van der Waals surface area (Å²) in [5.74, 6) is -0.471. The molecule has 1 fully saturated rings. The van der Waals surface area contributed by atoms with Crippen LogP contribution in [0.5, 0.6) is 0 Å². The quantitative estimate of drug-likeness (QED) is 0.255. The Morgan fingerprint density at radius 3 is 1.73 bits per heavy atom. The standard InChI is InChI=1S/C35H38N4O4S/c1-35(2,3)29-18-16-28(17-19-29)34(41)37-31-9-7-8-30(24-31)36-33(40)27-14-12-26(13-15-27)25-38-20-22-39(23-21-38)44(42,43)32-10-5-4-6-11-32/h4-19,24H,20-23,25H2,1-3H3,(H,36,40)(H,37,41). The maximum absolute atomic E-state index is 13.0. The van der Waals surface area contributed by atoms with Crippen LogP contribution in [0.1, 0.15) is 52.6 Å². The van der Waals surface area contributed by atoms with E-state index in [0.29, 0.717) is 60.1 Å². The number of sulfonamides is 1. The van der Waals surface area contributed by atoms with Crippen LogP contribution in [0.3, 0.4) is 0 Å². The van der Waals surface area contributed by atoms with E-state index in [-0.39, 0.29) is 17.2 Å². The molecule has 1 aliphatic rings. The van der Waals surface area contributed by atoms with Gasteiger partial charge in [0, 0.05) is 55.2 Å². The fraction of sp³-hybridized carbons (Fsp3) is 0.257. The summed E-state index contributed by atoms with van der Waals surface area (Å²) in [6.07, 6.45) is 0. The minimum Gasteiger partial charge on any atom is -0.322 e. The van der Waals surface area contributed by atoms with Crippen molar-refractivity contribution in [1.82, 2.24) is 9.21 Å². The lowest BCUT2D eigenvalue weighted by atomic mass is 9.87. The van der Waals surface area contributed by atoms with Gasteiger partial charge in [0.1, 0.15) is 0 Å². The summed E-state index contributed by atoms with van der Waals surface area (Å²) in [6, 6.07) is 30.6. The number of hydrogen-bond acceptors (Lipinski definition) is 5. The Morgan fingerprint density at radius 2 is 1.20 bits per heavy atom. The fourth-order valence-electron chi connectivity index (χ4n) is 5.09. The Labute approximate surface area is 259 Å². The van der Waals surface area contributed by atoms with Gasteiger partial charge in [0.25, 0.3) is 11.8 Å². The number of anilines is 2. The molecule has 0 spiro atoms. The SMILES string of the molecule is CC(C)(C)c1ccc(C(=O)Nc2cccc(NC(=O)c3ccc(CN4CCN(S(=O)(=O)c5ccccc5)CC4)cc3)c2)cc1. The highest BCUT2D eigenvalue weighted by atomic mass is 32.2. The van der Waals surface area contributed by atoms with E-state index in [1.54, 1.807) is 66.7 Å². The van der Waals surface area contributed by atoms with E-state index in [9.17, 15) is 18.0 Å². The van der Waals surface area contributed by atoms with Crippen molar-refractivity contribution < 1.29 is 18.0 Å². The number of rotatable bonds is 8. The Balaban J connectivity index is 1.13. The van der Waals surface area contributed by atoms with Gasteiger partial charge in [-0.1, -0.05) is 69.3 Å². The molecular weight excluding hydrogens is 572 g/mol. The smallest absolute Gasteiger partial charge is 0.255 e. The molecule has 0 aromatic heterocycles. The number of hydrogen-bond donors (Lipinski definition) is 2. The van der Waals surface area contributed by atoms with Gasteiger partial charge in [0.05, 0.1) is 4.90 Å². The number of carbonyl (C=O) groups is 2. The molecule has 2 N–H and O–H groups in total. The van der Waals surface area contributed by atoms with Gasteiger partial charge >= 0.3 is 0 Å². The van der Waals surface area contributed by atoms with E-state index in [1.165, 1.54) is 4.31 Å². The third-order valence-electron chi connectivity index (χ3n) is 7.73. The fourth-order valence-corrected chi connectivity index (χ4v) is 6.54. The van der Waals surface area contributed by atoms with Gasteiger partial charge in [-0.25, -0.2) is 8.42 Å². The van der Waals surface area contributed by atoms with E-state index in [1.807, 2.05) is 36.4 Å². The largest absolute Gasteiger partial charge is 0.322 e. The van der Waals surface area contributed by atoms with Crippen molar-refractivity contribution in [1.29, 1.82) is 0 Å². The predicted octanol–water partition coefficient (Wildman–Crippen LogP) is 6.00. The van der Waals surface area contributed by atoms with Gasteiger partial charge in [-0.3, -0.25) is 14.5 Å². The van der Waals surface area contributed by atoms with Gasteiger partial charge in [0.15, 0.2) is 0 Å². The van der Waals surface area contributed by atoms with Crippen LogP contribution in [0.15, 0.2) is 108 Å². The molecule has 2 amide bonds. The Kier molecular flexibility index (Phi) is 9.29. The first-order valence-corrected chi connectivity index (χ1v) is 16.1. The molecule has 1 heterocycles. The van der Waals surface area contributed by atoms with Crippen molar-refractivity contribution in [3.63, 3.8) is 0 Å². The van der Waals surface area contributed by atoms with Crippen molar-refractivity contribution in [2.24, 2.45) is 0 Å².